The number of rotatable bonds is 5. The Kier molecular flexibility index (Phi) is 6.48. The van der Waals surface area contributed by atoms with Crippen molar-refractivity contribution in [2.45, 2.75) is 19.3 Å². The Balaban J connectivity index is 1.24. The van der Waals surface area contributed by atoms with Gasteiger partial charge in [0.1, 0.15) is 11.3 Å². The lowest BCUT2D eigenvalue weighted by atomic mass is 9.82. The number of benzene rings is 6. The molecule has 0 atom stereocenters. The van der Waals surface area contributed by atoms with Gasteiger partial charge in [-0.2, -0.15) is 0 Å². The van der Waals surface area contributed by atoms with Crippen LogP contribution in [0.2, 0.25) is 0 Å². The Morgan fingerprint density at radius 1 is 0.458 bits per heavy atom. The quantitative estimate of drug-likeness (QED) is 0.193. The molecule has 0 saturated carbocycles. The molecule has 0 saturated heterocycles. The van der Waals surface area contributed by atoms with Gasteiger partial charge >= 0.3 is 0 Å². The summed E-state index contributed by atoms with van der Waals surface area (Å²) in [4.78, 5) is 10.6. The molecule has 9 rings (SSSR count). The van der Waals surface area contributed by atoms with E-state index in [1.807, 2.05) is 24.3 Å². The summed E-state index contributed by atoms with van der Waals surface area (Å²) in [6.45, 7) is 4.63. The predicted molar refractivity (Wildman–Crippen MR) is 197 cm³/mol. The minimum absolute atomic E-state index is 0.104. The standard InChI is InChI=1S/C45H32N2O/c1-45(2)37-20-10-9-18-35(37)43-36(19-12-21-38(43)45)40-28-39(30-23-25-31(26-24-30)42-27-32-15-6-11-22-41(32)48-42)46-44(47-40)34-17-8-7-16-33(34)29-13-4-3-5-14-29/h3-28H,1-2H3. The smallest absolute Gasteiger partial charge is 0.161 e. The maximum Gasteiger partial charge on any atom is 0.161 e. The van der Waals surface area contributed by atoms with Gasteiger partial charge in [-0.1, -0.05) is 153 Å². The number of nitrogens with zero attached hydrogens (tertiary/aromatic N) is 2. The molecule has 3 nitrogen and oxygen atoms in total. The van der Waals surface area contributed by atoms with E-state index in [0.29, 0.717) is 5.82 Å². The van der Waals surface area contributed by atoms with E-state index < -0.39 is 0 Å². The molecular weight excluding hydrogens is 585 g/mol. The Bertz CT molecular complexity index is 2440. The molecule has 0 aliphatic heterocycles. The first-order valence-electron chi connectivity index (χ1n) is 16.4. The fourth-order valence-electron chi connectivity index (χ4n) is 7.30. The molecule has 0 unspecified atom stereocenters. The van der Waals surface area contributed by atoms with Crippen LogP contribution in [0, 0.1) is 0 Å². The molecule has 48 heavy (non-hydrogen) atoms. The van der Waals surface area contributed by atoms with Crippen molar-refractivity contribution in [2.24, 2.45) is 0 Å². The van der Waals surface area contributed by atoms with Crippen molar-refractivity contribution in [1.82, 2.24) is 9.97 Å². The molecular formula is C45H32N2O. The van der Waals surface area contributed by atoms with Crippen molar-refractivity contribution in [3.05, 3.63) is 169 Å². The second-order valence-electron chi connectivity index (χ2n) is 13.0. The molecule has 0 bridgehead atoms. The highest BCUT2D eigenvalue weighted by atomic mass is 16.3. The van der Waals surface area contributed by atoms with Crippen LogP contribution in [0.25, 0.3) is 78.4 Å². The lowest BCUT2D eigenvalue weighted by Crippen LogP contribution is -2.14. The molecule has 228 valence electrons. The second-order valence-corrected chi connectivity index (χ2v) is 13.0. The van der Waals surface area contributed by atoms with Gasteiger partial charge in [0.2, 0.25) is 0 Å². The normalized spacial score (nSPS) is 13.0. The third kappa shape index (κ3) is 4.58. The van der Waals surface area contributed by atoms with Crippen molar-refractivity contribution in [3.8, 4) is 67.5 Å². The van der Waals surface area contributed by atoms with E-state index in [1.54, 1.807) is 0 Å². The molecule has 2 aromatic heterocycles. The van der Waals surface area contributed by atoms with Gasteiger partial charge in [0.05, 0.1) is 11.4 Å². The third-order valence-electron chi connectivity index (χ3n) is 9.75. The molecule has 8 aromatic rings. The van der Waals surface area contributed by atoms with E-state index >= 15 is 0 Å². The van der Waals surface area contributed by atoms with Crippen molar-refractivity contribution in [1.29, 1.82) is 0 Å². The fourth-order valence-corrected chi connectivity index (χ4v) is 7.30. The molecule has 1 aliphatic carbocycles. The number of aromatic nitrogens is 2. The van der Waals surface area contributed by atoms with E-state index in [0.717, 1.165) is 61.5 Å². The molecule has 0 N–H and O–H groups in total. The fraction of sp³-hybridized carbons (Fsp3) is 0.0667. The topological polar surface area (TPSA) is 38.9 Å². The van der Waals surface area contributed by atoms with Crippen LogP contribution in [0.1, 0.15) is 25.0 Å². The minimum Gasteiger partial charge on any atom is -0.456 e. The van der Waals surface area contributed by atoms with Crippen LogP contribution in [-0.4, -0.2) is 9.97 Å². The van der Waals surface area contributed by atoms with Crippen LogP contribution in [0.15, 0.2) is 162 Å². The number of para-hydroxylation sites is 1. The summed E-state index contributed by atoms with van der Waals surface area (Å²) in [5, 5.41) is 1.10. The monoisotopic (exact) mass is 616 g/mol. The highest BCUT2D eigenvalue weighted by molar-refractivity contribution is 5.93. The summed E-state index contributed by atoms with van der Waals surface area (Å²) in [6, 6.07) is 55.2. The Hall–Kier alpha value is -6.06. The van der Waals surface area contributed by atoms with Gasteiger partial charge in [0.25, 0.3) is 0 Å². The van der Waals surface area contributed by atoms with E-state index in [1.165, 1.54) is 22.3 Å². The molecule has 6 aromatic carbocycles. The van der Waals surface area contributed by atoms with E-state index in [-0.39, 0.29) is 5.41 Å². The average molecular weight is 617 g/mol. The Morgan fingerprint density at radius 2 is 1.08 bits per heavy atom. The second kappa shape index (κ2) is 11.0. The highest BCUT2D eigenvalue weighted by Gasteiger charge is 2.36. The maximum absolute atomic E-state index is 6.17. The Morgan fingerprint density at radius 3 is 1.90 bits per heavy atom. The Labute approximate surface area is 280 Å². The minimum atomic E-state index is -0.104. The summed E-state index contributed by atoms with van der Waals surface area (Å²) in [5.74, 6) is 1.55. The zero-order valence-corrected chi connectivity index (χ0v) is 26.8. The molecule has 1 aliphatic rings. The van der Waals surface area contributed by atoms with Gasteiger partial charge in [-0.3, -0.25) is 0 Å². The molecule has 0 fully saturated rings. The van der Waals surface area contributed by atoms with Crippen molar-refractivity contribution < 1.29 is 4.42 Å². The average Bonchev–Trinajstić information content (AvgIpc) is 3.69. The van der Waals surface area contributed by atoms with Crippen LogP contribution in [0.5, 0.6) is 0 Å². The number of fused-ring (bicyclic) bond motifs is 4. The maximum atomic E-state index is 6.17. The van der Waals surface area contributed by atoms with Crippen molar-refractivity contribution >= 4 is 11.0 Å². The lowest BCUT2D eigenvalue weighted by Gasteiger charge is -2.21. The molecule has 0 amide bonds. The number of hydrogen-bond donors (Lipinski definition) is 0. The summed E-state index contributed by atoms with van der Waals surface area (Å²) < 4.78 is 6.17. The van der Waals surface area contributed by atoms with E-state index in [4.69, 9.17) is 14.4 Å². The first kappa shape index (κ1) is 28.2. The van der Waals surface area contributed by atoms with E-state index in [9.17, 15) is 0 Å². The van der Waals surface area contributed by atoms with E-state index in [2.05, 4.69) is 147 Å². The van der Waals surface area contributed by atoms with Crippen LogP contribution in [-0.2, 0) is 5.41 Å². The molecule has 2 heterocycles. The summed E-state index contributed by atoms with van der Waals surface area (Å²) >= 11 is 0. The first-order valence-corrected chi connectivity index (χ1v) is 16.4. The zero-order chi connectivity index (χ0) is 32.2. The highest BCUT2D eigenvalue weighted by Crippen LogP contribution is 2.52. The van der Waals surface area contributed by atoms with Crippen LogP contribution in [0.3, 0.4) is 0 Å². The van der Waals surface area contributed by atoms with Gasteiger partial charge < -0.3 is 4.42 Å². The SMILES string of the molecule is CC1(C)c2ccccc2-c2c(-c3cc(-c4ccc(-c5cc6ccccc6o5)cc4)nc(-c4ccccc4-c4ccccc4)n3)cccc21. The zero-order valence-electron chi connectivity index (χ0n) is 26.8. The first-order chi connectivity index (χ1) is 23.5. The molecule has 0 spiro atoms. The predicted octanol–water partition coefficient (Wildman–Crippen LogP) is 11.9. The van der Waals surface area contributed by atoms with Gasteiger partial charge in [0, 0.05) is 33.1 Å². The number of hydrogen-bond acceptors (Lipinski definition) is 3. The van der Waals surface area contributed by atoms with Gasteiger partial charge in [-0.05, 0) is 51.6 Å². The summed E-state index contributed by atoms with van der Waals surface area (Å²) in [7, 11) is 0. The van der Waals surface area contributed by atoms with Crippen LogP contribution < -0.4 is 0 Å². The molecule has 3 heteroatoms. The van der Waals surface area contributed by atoms with Crippen LogP contribution in [0.4, 0.5) is 0 Å². The number of furan rings is 1. The van der Waals surface area contributed by atoms with Gasteiger partial charge in [-0.25, -0.2) is 9.97 Å². The van der Waals surface area contributed by atoms with Crippen LogP contribution >= 0.6 is 0 Å². The largest absolute Gasteiger partial charge is 0.456 e. The van der Waals surface area contributed by atoms with Gasteiger partial charge in [-0.15, -0.1) is 0 Å². The summed E-state index contributed by atoms with van der Waals surface area (Å²) in [5.41, 5.74) is 14.2. The summed E-state index contributed by atoms with van der Waals surface area (Å²) in [6.07, 6.45) is 0. The lowest BCUT2D eigenvalue weighted by molar-refractivity contribution is 0.631. The van der Waals surface area contributed by atoms with Crippen molar-refractivity contribution in [3.63, 3.8) is 0 Å². The molecule has 0 radical (unpaired) electrons. The van der Waals surface area contributed by atoms with Crippen molar-refractivity contribution in [2.75, 3.05) is 0 Å². The third-order valence-corrected chi connectivity index (χ3v) is 9.75. The van der Waals surface area contributed by atoms with Gasteiger partial charge in [0.15, 0.2) is 5.82 Å².